The maximum atomic E-state index is 12.3. The molecule has 0 amide bonds. The lowest BCUT2D eigenvalue weighted by atomic mass is 9.79. The van der Waals surface area contributed by atoms with Crippen LogP contribution in [0.15, 0.2) is 34.3 Å². The van der Waals surface area contributed by atoms with E-state index in [2.05, 4.69) is 25.3 Å². The second-order valence-electron chi connectivity index (χ2n) is 7.27. The summed E-state index contributed by atoms with van der Waals surface area (Å²) in [5.74, 6) is 0.494. The predicted octanol–water partition coefficient (Wildman–Crippen LogP) is -0.0566. The van der Waals surface area contributed by atoms with Crippen molar-refractivity contribution in [2.45, 2.75) is 31.6 Å². The molecule has 1 aliphatic heterocycles. The number of rotatable bonds is 5. The van der Waals surface area contributed by atoms with Gasteiger partial charge in [-0.2, -0.15) is 0 Å². The lowest BCUT2D eigenvalue weighted by molar-refractivity contribution is 0.0487. The van der Waals surface area contributed by atoms with Gasteiger partial charge in [0.2, 0.25) is 0 Å². The van der Waals surface area contributed by atoms with E-state index in [9.17, 15) is 14.9 Å². The number of aliphatic hydroxyl groups excluding tert-OH is 1. The highest BCUT2D eigenvalue weighted by Crippen LogP contribution is 2.33. The van der Waals surface area contributed by atoms with Crippen LogP contribution < -0.4 is 16.5 Å². The number of halogens is 1. The SMILES string of the molecule is Cl.O=c1[nH]c2c(NCN=Cc3ccc4c(c3)COB4O)ncnc2n1C1CC(O)C1. The van der Waals surface area contributed by atoms with Gasteiger partial charge in [0.15, 0.2) is 11.5 Å². The Bertz CT molecular complexity index is 1160. The lowest BCUT2D eigenvalue weighted by Gasteiger charge is -2.31. The molecule has 156 valence electrons. The zero-order valence-electron chi connectivity index (χ0n) is 15.9. The Balaban J connectivity index is 0.00000218. The molecule has 2 aromatic heterocycles. The molecular weight excluding hydrogens is 411 g/mol. The molecule has 0 radical (unpaired) electrons. The van der Waals surface area contributed by atoms with Gasteiger partial charge >= 0.3 is 12.8 Å². The summed E-state index contributed by atoms with van der Waals surface area (Å²) < 4.78 is 6.77. The fourth-order valence-electron chi connectivity index (χ4n) is 3.78. The Labute approximate surface area is 177 Å². The summed E-state index contributed by atoms with van der Waals surface area (Å²) in [4.78, 5) is 27.9. The minimum atomic E-state index is -0.851. The molecule has 0 bridgehead atoms. The van der Waals surface area contributed by atoms with E-state index in [0.717, 1.165) is 16.6 Å². The van der Waals surface area contributed by atoms with Crippen LogP contribution in [0.2, 0.25) is 0 Å². The quantitative estimate of drug-likeness (QED) is 0.329. The van der Waals surface area contributed by atoms with Gasteiger partial charge in [-0.1, -0.05) is 12.1 Å². The molecule has 10 nitrogen and oxygen atoms in total. The highest BCUT2D eigenvalue weighted by atomic mass is 35.5. The summed E-state index contributed by atoms with van der Waals surface area (Å²) in [6, 6.07) is 5.59. The number of hydrogen-bond donors (Lipinski definition) is 4. The predicted molar refractivity (Wildman–Crippen MR) is 115 cm³/mol. The first kappa shape index (κ1) is 20.5. The van der Waals surface area contributed by atoms with Crippen LogP contribution >= 0.6 is 12.4 Å². The maximum Gasteiger partial charge on any atom is 0.491 e. The number of fused-ring (bicyclic) bond motifs is 2. The van der Waals surface area contributed by atoms with Crippen LogP contribution in [-0.4, -0.2) is 55.8 Å². The minimum Gasteiger partial charge on any atom is -0.423 e. The van der Waals surface area contributed by atoms with Crippen molar-refractivity contribution in [2.24, 2.45) is 4.99 Å². The van der Waals surface area contributed by atoms with Crippen LogP contribution in [-0.2, 0) is 11.3 Å². The Morgan fingerprint density at radius 3 is 3.03 bits per heavy atom. The van der Waals surface area contributed by atoms with E-state index < -0.39 is 7.12 Å². The van der Waals surface area contributed by atoms with Gasteiger partial charge < -0.3 is 25.1 Å². The van der Waals surface area contributed by atoms with Crippen LogP contribution in [0, 0.1) is 0 Å². The molecule has 0 saturated heterocycles. The van der Waals surface area contributed by atoms with Crippen molar-refractivity contribution in [1.82, 2.24) is 19.5 Å². The average molecular weight is 431 g/mol. The smallest absolute Gasteiger partial charge is 0.423 e. The molecule has 0 atom stereocenters. The van der Waals surface area contributed by atoms with Crippen molar-refractivity contribution in [3.05, 3.63) is 46.1 Å². The molecule has 3 aromatic rings. The number of H-pyrrole nitrogens is 1. The number of nitrogens with one attached hydrogen (secondary N) is 2. The number of hydrogen-bond acceptors (Lipinski definition) is 8. The van der Waals surface area contributed by atoms with E-state index >= 15 is 0 Å². The first-order valence-electron chi connectivity index (χ1n) is 9.39. The summed E-state index contributed by atoms with van der Waals surface area (Å²) in [6.45, 7) is 0.648. The second-order valence-corrected chi connectivity index (χ2v) is 7.27. The van der Waals surface area contributed by atoms with Crippen molar-refractivity contribution in [3.63, 3.8) is 0 Å². The third-order valence-electron chi connectivity index (χ3n) is 5.37. The molecule has 5 rings (SSSR count). The number of aromatic nitrogens is 4. The molecule has 1 aliphatic carbocycles. The third-order valence-corrected chi connectivity index (χ3v) is 5.37. The highest BCUT2D eigenvalue weighted by Gasteiger charge is 2.32. The number of anilines is 1. The number of aromatic amines is 1. The zero-order valence-corrected chi connectivity index (χ0v) is 16.7. The third kappa shape index (κ3) is 3.61. The number of aliphatic hydroxyl groups is 1. The van der Waals surface area contributed by atoms with Crippen LogP contribution in [0.3, 0.4) is 0 Å². The molecule has 12 heteroatoms. The van der Waals surface area contributed by atoms with Gasteiger partial charge in [-0.3, -0.25) is 9.56 Å². The molecule has 0 unspecified atom stereocenters. The van der Waals surface area contributed by atoms with Gasteiger partial charge in [-0.05, 0) is 35.5 Å². The van der Waals surface area contributed by atoms with Crippen molar-refractivity contribution in [2.75, 3.05) is 12.0 Å². The normalized spacial score (nSPS) is 20.3. The van der Waals surface area contributed by atoms with E-state index in [1.807, 2.05) is 18.2 Å². The Hall–Kier alpha value is -2.73. The van der Waals surface area contributed by atoms with Gasteiger partial charge in [0.05, 0.1) is 12.7 Å². The monoisotopic (exact) mass is 430 g/mol. The van der Waals surface area contributed by atoms with E-state index in [0.29, 0.717) is 36.4 Å². The molecule has 2 aliphatic rings. The molecule has 1 saturated carbocycles. The van der Waals surface area contributed by atoms with Crippen LogP contribution in [0.4, 0.5) is 5.82 Å². The first-order valence-corrected chi connectivity index (χ1v) is 9.39. The van der Waals surface area contributed by atoms with Gasteiger partial charge in [0.25, 0.3) is 0 Å². The van der Waals surface area contributed by atoms with Crippen LogP contribution in [0.1, 0.15) is 30.0 Å². The number of benzene rings is 1. The van der Waals surface area contributed by atoms with Gasteiger partial charge in [-0.15, -0.1) is 12.4 Å². The molecule has 0 spiro atoms. The highest BCUT2D eigenvalue weighted by molar-refractivity contribution is 6.61. The lowest BCUT2D eigenvalue weighted by Crippen LogP contribution is -2.35. The molecular formula is C18H20BClN6O4. The van der Waals surface area contributed by atoms with E-state index in [-0.39, 0.29) is 36.9 Å². The summed E-state index contributed by atoms with van der Waals surface area (Å²) in [7, 11) is -0.851. The zero-order chi connectivity index (χ0) is 20.0. The molecule has 1 fully saturated rings. The molecule has 1 aromatic carbocycles. The van der Waals surface area contributed by atoms with Crippen molar-refractivity contribution in [1.29, 1.82) is 0 Å². The Kier molecular flexibility index (Phi) is 5.61. The first-order chi connectivity index (χ1) is 14.1. The summed E-state index contributed by atoms with van der Waals surface area (Å²) in [5.41, 5.74) is 3.43. The van der Waals surface area contributed by atoms with E-state index in [1.165, 1.54) is 6.33 Å². The Morgan fingerprint density at radius 1 is 1.40 bits per heavy atom. The summed E-state index contributed by atoms with van der Waals surface area (Å²) >= 11 is 0. The average Bonchev–Trinajstić information content (AvgIpc) is 3.22. The van der Waals surface area contributed by atoms with Gasteiger partial charge in [-0.25, -0.2) is 14.8 Å². The molecule has 30 heavy (non-hydrogen) atoms. The number of imidazole rings is 1. The van der Waals surface area contributed by atoms with Crippen molar-refractivity contribution < 1.29 is 14.8 Å². The standard InChI is InChI=1S/C18H19BN6O4.ClH/c26-13-4-12(5-13)25-17-15(24-18(25)27)16(22-9-23-17)21-8-20-6-10-1-2-14-11(3-10)7-29-19(14)28;/h1-3,6,9,12-13,26,28H,4-5,7-8H2,(H,24,27)(H,21,22,23);1H. The van der Waals surface area contributed by atoms with Gasteiger partial charge in [0, 0.05) is 12.3 Å². The molecule has 3 heterocycles. The summed E-state index contributed by atoms with van der Waals surface area (Å²) in [6.07, 6.45) is 3.86. The second kappa shape index (κ2) is 8.19. The number of aliphatic imine (C=N–C) groups is 1. The summed E-state index contributed by atoms with van der Waals surface area (Å²) in [5, 5.41) is 22.3. The topological polar surface area (TPSA) is 138 Å². The molecule has 4 N–H and O–H groups in total. The fourth-order valence-corrected chi connectivity index (χ4v) is 3.78. The minimum absolute atomic E-state index is 0. The van der Waals surface area contributed by atoms with E-state index in [4.69, 9.17) is 4.65 Å². The van der Waals surface area contributed by atoms with Crippen molar-refractivity contribution >= 4 is 48.2 Å². The maximum absolute atomic E-state index is 12.3. The Morgan fingerprint density at radius 2 is 2.23 bits per heavy atom. The van der Waals surface area contributed by atoms with E-state index in [1.54, 1.807) is 10.8 Å². The van der Waals surface area contributed by atoms with Crippen LogP contribution in [0.5, 0.6) is 0 Å². The van der Waals surface area contributed by atoms with Gasteiger partial charge in [0.1, 0.15) is 18.5 Å². The largest absolute Gasteiger partial charge is 0.491 e. The fraction of sp³-hybridized carbons (Fsp3) is 0.333. The number of nitrogens with zero attached hydrogens (tertiary/aromatic N) is 4. The van der Waals surface area contributed by atoms with Crippen molar-refractivity contribution in [3.8, 4) is 0 Å². The van der Waals surface area contributed by atoms with Crippen LogP contribution in [0.25, 0.3) is 11.2 Å².